The van der Waals surface area contributed by atoms with Gasteiger partial charge in [-0.25, -0.2) is 4.98 Å². The summed E-state index contributed by atoms with van der Waals surface area (Å²) in [5.41, 5.74) is 3.21. The lowest BCUT2D eigenvalue weighted by Gasteiger charge is -2.15. The number of para-hydroxylation sites is 2. The smallest absolute Gasteiger partial charge is 0.146 e. The number of nitrogens with zero attached hydrogens (tertiary/aromatic N) is 2. The lowest BCUT2D eigenvalue weighted by Crippen LogP contribution is -2.12. The molecule has 21 heavy (non-hydrogen) atoms. The second-order valence-corrected chi connectivity index (χ2v) is 5.44. The third-order valence-electron chi connectivity index (χ3n) is 3.40. The monoisotopic (exact) mass is 291 g/mol. The number of nitrogens with one attached hydrogen (secondary N) is 1. The predicted molar refractivity (Wildman–Crippen MR) is 89.3 cm³/mol. The summed E-state index contributed by atoms with van der Waals surface area (Å²) in [5.74, 6) is 1.97. The van der Waals surface area contributed by atoms with Gasteiger partial charge in [0.15, 0.2) is 0 Å². The number of benzene rings is 2. The molecule has 0 bridgehead atoms. The Bertz CT molecular complexity index is 847. The summed E-state index contributed by atoms with van der Waals surface area (Å²) < 4.78 is 5.51. The summed E-state index contributed by atoms with van der Waals surface area (Å²) in [7, 11) is 0. The lowest BCUT2D eigenvalue weighted by molar-refractivity contribution is 1.07. The molecule has 0 saturated carbocycles. The van der Waals surface area contributed by atoms with Gasteiger partial charge in [-0.15, -0.1) is 0 Å². The molecule has 0 fully saturated rings. The maximum atomic E-state index is 4.81. The van der Waals surface area contributed by atoms with Gasteiger partial charge in [0, 0.05) is 5.56 Å². The summed E-state index contributed by atoms with van der Waals surface area (Å²) in [4.78, 5) is 4.81. The number of imidazole rings is 1. The van der Waals surface area contributed by atoms with Gasteiger partial charge in [0.05, 0.1) is 11.0 Å². The van der Waals surface area contributed by atoms with Crippen LogP contribution in [-0.4, -0.2) is 9.55 Å². The van der Waals surface area contributed by atoms with E-state index in [-0.39, 0.29) is 0 Å². The van der Waals surface area contributed by atoms with Crippen LogP contribution in [-0.2, 0) is 0 Å². The van der Waals surface area contributed by atoms with E-state index in [4.69, 9.17) is 4.98 Å². The van der Waals surface area contributed by atoms with Gasteiger partial charge < -0.3 is 4.72 Å². The molecule has 0 unspecified atom stereocenters. The SMILES string of the molecule is C1=CSNC(n2c(-c3ccccc3)nc3ccccc32)=C1. The number of aromatic nitrogens is 2. The van der Waals surface area contributed by atoms with E-state index in [2.05, 4.69) is 33.6 Å². The number of allylic oxidation sites excluding steroid dienone is 2. The zero-order valence-electron chi connectivity index (χ0n) is 11.2. The molecule has 0 amide bonds. The molecule has 1 aromatic heterocycles. The molecule has 1 N–H and O–H groups in total. The molecule has 2 heterocycles. The topological polar surface area (TPSA) is 29.9 Å². The van der Waals surface area contributed by atoms with Crippen LogP contribution in [0.25, 0.3) is 28.2 Å². The van der Waals surface area contributed by atoms with Crippen LogP contribution in [0, 0.1) is 0 Å². The van der Waals surface area contributed by atoms with E-state index in [1.165, 1.54) is 0 Å². The van der Waals surface area contributed by atoms with Crippen molar-refractivity contribution in [2.45, 2.75) is 0 Å². The molecule has 4 rings (SSSR count). The first-order chi connectivity index (χ1) is 10.4. The van der Waals surface area contributed by atoms with Crippen LogP contribution in [0.5, 0.6) is 0 Å². The minimum atomic E-state index is 0.950. The van der Waals surface area contributed by atoms with Crippen LogP contribution in [0.1, 0.15) is 0 Å². The molecule has 0 radical (unpaired) electrons. The molecule has 0 aliphatic carbocycles. The van der Waals surface area contributed by atoms with Crippen LogP contribution >= 0.6 is 11.9 Å². The summed E-state index contributed by atoms with van der Waals surface area (Å²) >= 11 is 1.57. The van der Waals surface area contributed by atoms with Crippen molar-refractivity contribution in [3.8, 4) is 11.4 Å². The van der Waals surface area contributed by atoms with Gasteiger partial charge in [-0.1, -0.05) is 48.5 Å². The Morgan fingerprint density at radius 2 is 1.76 bits per heavy atom. The number of hydrogen-bond acceptors (Lipinski definition) is 3. The quantitative estimate of drug-likeness (QED) is 0.715. The van der Waals surface area contributed by atoms with Gasteiger partial charge in [0.2, 0.25) is 0 Å². The highest BCUT2D eigenvalue weighted by Crippen LogP contribution is 2.28. The van der Waals surface area contributed by atoms with Crippen molar-refractivity contribution in [2.75, 3.05) is 0 Å². The lowest BCUT2D eigenvalue weighted by atomic mass is 10.2. The number of rotatable bonds is 2. The molecule has 3 nitrogen and oxygen atoms in total. The molecule has 2 aromatic carbocycles. The van der Waals surface area contributed by atoms with Gasteiger partial charge in [0.1, 0.15) is 11.6 Å². The second kappa shape index (κ2) is 5.14. The Hall–Kier alpha value is -2.46. The molecule has 1 aliphatic rings. The van der Waals surface area contributed by atoms with Crippen molar-refractivity contribution in [1.29, 1.82) is 0 Å². The molecular weight excluding hydrogens is 278 g/mol. The Morgan fingerprint density at radius 1 is 0.952 bits per heavy atom. The highest BCUT2D eigenvalue weighted by molar-refractivity contribution is 8.00. The second-order valence-electron chi connectivity index (χ2n) is 4.73. The summed E-state index contributed by atoms with van der Waals surface area (Å²) in [6.45, 7) is 0. The predicted octanol–water partition coefficient (Wildman–Crippen LogP) is 4.27. The highest BCUT2D eigenvalue weighted by atomic mass is 32.2. The van der Waals surface area contributed by atoms with Crippen molar-refractivity contribution in [1.82, 2.24) is 14.3 Å². The minimum absolute atomic E-state index is 0.950. The first kappa shape index (κ1) is 12.3. The molecule has 102 valence electrons. The fraction of sp³-hybridized carbons (Fsp3) is 0. The van der Waals surface area contributed by atoms with Gasteiger partial charge in [-0.3, -0.25) is 4.57 Å². The fourth-order valence-electron chi connectivity index (χ4n) is 2.47. The Labute approximate surface area is 127 Å². The molecule has 3 aromatic rings. The van der Waals surface area contributed by atoms with Crippen LogP contribution in [0.15, 0.2) is 72.2 Å². The maximum absolute atomic E-state index is 4.81. The van der Waals surface area contributed by atoms with Gasteiger partial charge in [0.25, 0.3) is 0 Å². The summed E-state index contributed by atoms with van der Waals surface area (Å²) in [6, 6.07) is 18.5. The van der Waals surface area contributed by atoms with E-state index >= 15 is 0 Å². The van der Waals surface area contributed by atoms with Crippen LogP contribution < -0.4 is 4.72 Å². The number of fused-ring (bicyclic) bond motifs is 1. The maximum Gasteiger partial charge on any atom is 0.146 e. The van der Waals surface area contributed by atoms with Crippen molar-refractivity contribution in [3.05, 3.63) is 72.2 Å². The van der Waals surface area contributed by atoms with Gasteiger partial charge >= 0.3 is 0 Å². The Morgan fingerprint density at radius 3 is 2.57 bits per heavy atom. The van der Waals surface area contributed by atoms with Crippen molar-refractivity contribution in [2.24, 2.45) is 0 Å². The molecular formula is C17H13N3S. The van der Waals surface area contributed by atoms with E-state index in [0.717, 1.165) is 28.2 Å². The first-order valence-electron chi connectivity index (χ1n) is 6.75. The van der Waals surface area contributed by atoms with E-state index in [1.807, 2.05) is 47.9 Å². The molecule has 0 spiro atoms. The standard InChI is InChI=1S/C17H13N3S/c1-2-7-13(8-3-1)17-18-14-9-4-5-10-15(14)20(17)16-11-6-12-21-19-16/h1-12,19H. The summed E-state index contributed by atoms with van der Waals surface area (Å²) in [5, 5.41) is 2.02. The normalized spacial score (nSPS) is 14.0. The van der Waals surface area contributed by atoms with Gasteiger partial charge in [-0.05, 0) is 35.6 Å². The molecule has 1 aliphatic heterocycles. The Balaban J connectivity index is 2.02. The van der Waals surface area contributed by atoms with Crippen molar-refractivity contribution < 1.29 is 0 Å². The van der Waals surface area contributed by atoms with Crippen molar-refractivity contribution in [3.63, 3.8) is 0 Å². The van der Waals surface area contributed by atoms with Gasteiger partial charge in [-0.2, -0.15) is 0 Å². The fourth-order valence-corrected chi connectivity index (χ4v) is 2.97. The third-order valence-corrected chi connectivity index (χ3v) is 4.02. The average molecular weight is 291 g/mol. The highest BCUT2D eigenvalue weighted by Gasteiger charge is 2.15. The van der Waals surface area contributed by atoms with Crippen LogP contribution in [0.4, 0.5) is 0 Å². The molecule has 0 saturated heterocycles. The average Bonchev–Trinajstić information content (AvgIpc) is 2.96. The van der Waals surface area contributed by atoms with E-state index < -0.39 is 0 Å². The zero-order valence-corrected chi connectivity index (χ0v) is 12.0. The molecule has 0 atom stereocenters. The van der Waals surface area contributed by atoms with E-state index in [0.29, 0.717) is 0 Å². The van der Waals surface area contributed by atoms with Crippen molar-refractivity contribution >= 4 is 28.8 Å². The first-order valence-corrected chi connectivity index (χ1v) is 7.63. The molecule has 4 heteroatoms. The van der Waals surface area contributed by atoms with E-state index in [9.17, 15) is 0 Å². The Kier molecular flexibility index (Phi) is 3.01. The van der Waals surface area contributed by atoms with Crippen LogP contribution in [0.3, 0.4) is 0 Å². The minimum Gasteiger partial charge on any atom is -0.312 e. The third kappa shape index (κ3) is 2.14. The zero-order chi connectivity index (χ0) is 14.1. The number of hydrogen-bond donors (Lipinski definition) is 1. The largest absolute Gasteiger partial charge is 0.312 e. The summed E-state index contributed by atoms with van der Waals surface area (Å²) in [6.07, 6.45) is 4.11. The van der Waals surface area contributed by atoms with Crippen LogP contribution in [0.2, 0.25) is 0 Å². The van der Waals surface area contributed by atoms with E-state index in [1.54, 1.807) is 11.9 Å².